The minimum atomic E-state index is -0.111. The van der Waals surface area contributed by atoms with Crippen molar-refractivity contribution in [3.8, 4) is 0 Å². The van der Waals surface area contributed by atoms with Crippen LogP contribution in [-0.4, -0.2) is 24.9 Å². The third kappa shape index (κ3) is 1.12. The summed E-state index contributed by atoms with van der Waals surface area (Å²) in [6, 6.07) is 0. The lowest BCUT2D eigenvalue weighted by atomic mass is 10.7. The van der Waals surface area contributed by atoms with Gasteiger partial charge >= 0.3 is 0 Å². The highest BCUT2D eigenvalue weighted by atomic mass is 16.7. The molecule has 0 aromatic carbocycles. The Kier molecular flexibility index (Phi) is 1.62. The maximum atomic E-state index is 8.28. The van der Waals surface area contributed by atoms with Gasteiger partial charge in [0.1, 0.15) is 6.61 Å². The van der Waals surface area contributed by atoms with Gasteiger partial charge in [0.2, 0.25) is 6.29 Å². The van der Waals surface area contributed by atoms with E-state index in [0.717, 1.165) is 0 Å². The summed E-state index contributed by atoms with van der Waals surface area (Å²) < 4.78 is 9.49. The van der Waals surface area contributed by atoms with Crippen molar-refractivity contribution >= 4 is 0 Å². The van der Waals surface area contributed by atoms with Crippen LogP contribution >= 0.6 is 0 Å². The molecule has 0 spiro atoms. The van der Waals surface area contributed by atoms with E-state index in [1.807, 2.05) is 0 Å². The highest BCUT2D eigenvalue weighted by molar-refractivity contribution is 4.66. The predicted molar refractivity (Wildman–Crippen MR) is 22.2 cm³/mol. The van der Waals surface area contributed by atoms with Crippen molar-refractivity contribution < 1.29 is 14.6 Å². The summed E-state index contributed by atoms with van der Waals surface area (Å²) in [5.74, 6) is 0. The van der Waals surface area contributed by atoms with Gasteiger partial charge in [0.25, 0.3) is 0 Å². The van der Waals surface area contributed by atoms with Crippen LogP contribution in [0.25, 0.3) is 0 Å². The van der Waals surface area contributed by atoms with Gasteiger partial charge in [0.05, 0.1) is 13.2 Å². The SMILES string of the molecule is OC[C]1OCCO1. The molecule has 1 saturated heterocycles. The molecule has 0 unspecified atom stereocenters. The Morgan fingerprint density at radius 3 is 2.29 bits per heavy atom. The van der Waals surface area contributed by atoms with Crippen LogP contribution < -0.4 is 0 Å². The van der Waals surface area contributed by atoms with Crippen molar-refractivity contribution in [3.63, 3.8) is 0 Å². The molecular weight excluding hydrogens is 96.0 g/mol. The standard InChI is InChI=1S/C4H7O3/c5-3-4-6-1-2-7-4/h5H,1-3H2. The first-order valence-electron chi connectivity index (χ1n) is 2.16. The van der Waals surface area contributed by atoms with E-state index in [1.54, 1.807) is 0 Å². The average molecular weight is 103 g/mol. The molecule has 0 aromatic heterocycles. The number of hydrogen-bond donors (Lipinski definition) is 1. The number of rotatable bonds is 1. The van der Waals surface area contributed by atoms with Gasteiger partial charge in [-0.05, 0) is 0 Å². The smallest absolute Gasteiger partial charge is 0.250 e. The Labute approximate surface area is 41.8 Å². The monoisotopic (exact) mass is 103 g/mol. The maximum Gasteiger partial charge on any atom is 0.250 e. The zero-order chi connectivity index (χ0) is 5.11. The topological polar surface area (TPSA) is 38.7 Å². The largest absolute Gasteiger partial charge is 0.391 e. The van der Waals surface area contributed by atoms with E-state index in [0.29, 0.717) is 19.5 Å². The number of aliphatic hydroxyl groups excluding tert-OH is 1. The molecule has 41 valence electrons. The van der Waals surface area contributed by atoms with E-state index >= 15 is 0 Å². The minimum Gasteiger partial charge on any atom is -0.391 e. The third-order valence-electron chi connectivity index (χ3n) is 0.739. The molecule has 1 radical (unpaired) electrons. The minimum absolute atomic E-state index is 0.111. The number of aliphatic hydroxyl groups is 1. The number of ether oxygens (including phenoxy) is 2. The lowest BCUT2D eigenvalue weighted by Crippen LogP contribution is -2.00. The predicted octanol–water partition coefficient (Wildman–Crippen LogP) is -0.485. The molecule has 0 aliphatic carbocycles. The van der Waals surface area contributed by atoms with Crippen LogP contribution in [0.3, 0.4) is 0 Å². The van der Waals surface area contributed by atoms with Crippen LogP contribution in [-0.2, 0) is 9.47 Å². The molecule has 3 heteroatoms. The van der Waals surface area contributed by atoms with Crippen molar-refractivity contribution in [2.24, 2.45) is 0 Å². The molecular formula is C4H7O3. The van der Waals surface area contributed by atoms with Crippen LogP contribution in [0.1, 0.15) is 0 Å². The summed E-state index contributed by atoms with van der Waals surface area (Å²) in [7, 11) is 0. The molecule has 1 aliphatic heterocycles. The van der Waals surface area contributed by atoms with Gasteiger partial charge in [0.15, 0.2) is 0 Å². The van der Waals surface area contributed by atoms with Gasteiger partial charge < -0.3 is 14.6 Å². The van der Waals surface area contributed by atoms with Gasteiger partial charge in [0, 0.05) is 0 Å². The van der Waals surface area contributed by atoms with Crippen molar-refractivity contribution in [1.29, 1.82) is 0 Å². The van der Waals surface area contributed by atoms with Crippen molar-refractivity contribution in [2.45, 2.75) is 0 Å². The lowest BCUT2D eigenvalue weighted by Gasteiger charge is -1.97. The fourth-order valence-corrected chi connectivity index (χ4v) is 0.444. The Balaban J connectivity index is 2.14. The second-order valence-corrected chi connectivity index (χ2v) is 1.23. The van der Waals surface area contributed by atoms with Gasteiger partial charge in [-0.25, -0.2) is 0 Å². The molecule has 1 N–H and O–H groups in total. The molecule has 0 atom stereocenters. The zero-order valence-corrected chi connectivity index (χ0v) is 3.89. The van der Waals surface area contributed by atoms with E-state index in [-0.39, 0.29) is 6.61 Å². The van der Waals surface area contributed by atoms with Gasteiger partial charge in [-0.2, -0.15) is 0 Å². The summed E-state index contributed by atoms with van der Waals surface area (Å²) >= 11 is 0. The maximum absolute atomic E-state index is 8.28. The van der Waals surface area contributed by atoms with Gasteiger partial charge in [-0.15, -0.1) is 0 Å². The highest BCUT2D eigenvalue weighted by Gasteiger charge is 2.15. The first-order valence-corrected chi connectivity index (χ1v) is 2.16. The Hall–Kier alpha value is -0.120. The third-order valence-corrected chi connectivity index (χ3v) is 0.739. The summed E-state index contributed by atoms with van der Waals surface area (Å²) in [6.07, 6.45) is 0.347. The van der Waals surface area contributed by atoms with Crippen LogP contribution in [0.15, 0.2) is 0 Å². The van der Waals surface area contributed by atoms with E-state index in [2.05, 4.69) is 0 Å². The molecule has 1 rings (SSSR count). The normalized spacial score (nSPS) is 23.6. The molecule has 7 heavy (non-hydrogen) atoms. The van der Waals surface area contributed by atoms with E-state index < -0.39 is 0 Å². The van der Waals surface area contributed by atoms with Crippen molar-refractivity contribution in [1.82, 2.24) is 0 Å². The first kappa shape index (κ1) is 5.03. The second kappa shape index (κ2) is 2.26. The van der Waals surface area contributed by atoms with E-state index in [9.17, 15) is 0 Å². The van der Waals surface area contributed by atoms with Gasteiger partial charge in [-0.1, -0.05) is 0 Å². The molecule has 1 fully saturated rings. The molecule has 3 nitrogen and oxygen atoms in total. The van der Waals surface area contributed by atoms with Crippen LogP contribution in [0, 0.1) is 6.29 Å². The van der Waals surface area contributed by atoms with Crippen LogP contribution in [0.2, 0.25) is 0 Å². The lowest BCUT2D eigenvalue weighted by molar-refractivity contribution is 0.0283. The summed E-state index contributed by atoms with van der Waals surface area (Å²) in [4.78, 5) is 0. The average Bonchev–Trinajstić information content (AvgIpc) is 2.14. The van der Waals surface area contributed by atoms with Crippen molar-refractivity contribution in [2.75, 3.05) is 19.8 Å². The molecule has 0 saturated carbocycles. The first-order chi connectivity index (χ1) is 3.43. The fourth-order valence-electron chi connectivity index (χ4n) is 0.444. The molecule has 0 bridgehead atoms. The fraction of sp³-hybridized carbons (Fsp3) is 0.750. The zero-order valence-electron chi connectivity index (χ0n) is 3.89. The highest BCUT2D eigenvalue weighted by Crippen LogP contribution is 2.08. The second-order valence-electron chi connectivity index (χ2n) is 1.23. The van der Waals surface area contributed by atoms with E-state index in [1.165, 1.54) is 0 Å². The summed E-state index contributed by atoms with van der Waals surface area (Å²) in [5.41, 5.74) is 0. The van der Waals surface area contributed by atoms with Gasteiger partial charge in [-0.3, -0.25) is 0 Å². The summed E-state index contributed by atoms with van der Waals surface area (Å²) in [5, 5.41) is 8.28. The molecule has 0 aromatic rings. The van der Waals surface area contributed by atoms with Crippen LogP contribution in [0.5, 0.6) is 0 Å². The molecule has 1 aliphatic rings. The Bertz CT molecular complexity index is 48.9. The molecule has 1 heterocycles. The van der Waals surface area contributed by atoms with Crippen molar-refractivity contribution in [3.05, 3.63) is 6.29 Å². The number of hydrogen-bond acceptors (Lipinski definition) is 3. The van der Waals surface area contributed by atoms with Crippen LogP contribution in [0.4, 0.5) is 0 Å². The molecule has 0 amide bonds. The Morgan fingerprint density at radius 2 is 2.00 bits per heavy atom. The van der Waals surface area contributed by atoms with E-state index in [4.69, 9.17) is 14.6 Å². The summed E-state index contributed by atoms with van der Waals surface area (Å²) in [6.45, 7) is 1.05. The Morgan fingerprint density at radius 1 is 1.43 bits per heavy atom. The quantitative estimate of drug-likeness (QED) is 0.487.